The van der Waals surface area contributed by atoms with Gasteiger partial charge in [-0.25, -0.2) is 8.42 Å². The molecule has 0 spiro atoms. The first-order valence-electron chi connectivity index (χ1n) is 9.08. The van der Waals surface area contributed by atoms with E-state index in [1.807, 2.05) is 6.92 Å². The SMILES string of the molecule is CCOc1ccc(NS(=O)(=O)c2cc(NC(=O)c3ccncc3)ccc2OC)cc1. The molecule has 0 aliphatic carbocycles. The molecule has 0 bridgehead atoms. The minimum Gasteiger partial charge on any atom is -0.495 e. The lowest BCUT2D eigenvalue weighted by Crippen LogP contribution is -2.16. The van der Waals surface area contributed by atoms with Crippen molar-refractivity contribution in [2.75, 3.05) is 23.8 Å². The number of ether oxygens (including phenoxy) is 2. The van der Waals surface area contributed by atoms with Crippen molar-refractivity contribution in [2.24, 2.45) is 0 Å². The zero-order chi connectivity index (χ0) is 21.6. The van der Waals surface area contributed by atoms with E-state index in [2.05, 4.69) is 15.0 Å². The van der Waals surface area contributed by atoms with Crippen LogP contribution in [0.1, 0.15) is 17.3 Å². The molecular weight excluding hydrogens is 406 g/mol. The van der Waals surface area contributed by atoms with Gasteiger partial charge in [-0.3, -0.25) is 14.5 Å². The standard InChI is InChI=1S/C21H21N3O5S/c1-3-29-18-7-4-16(5-8-18)24-30(26,27)20-14-17(6-9-19(20)28-2)23-21(25)15-10-12-22-13-11-15/h4-14,24H,3H2,1-2H3,(H,23,25). The average Bonchev–Trinajstić information content (AvgIpc) is 2.75. The third-order valence-electron chi connectivity index (χ3n) is 4.07. The lowest BCUT2D eigenvalue weighted by molar-refractivity contribution is 0.102. The summed E-state index contributed by atoms with van der Waals surface area (Å²) in [5.74, 6) is 0.402. The number of nitrogens with one attached hydrogen (secondary N) is 2. The smallest absolute Gasteiger partial charge is 0.265 e. The minimum atomic E-state index is -3.98. The maximum Gasteiger partial charge on any atom is 0.265 e. The van der Waals surface area contributed by atoms with Crippen LogP contribution < -0.4 is 19.5 Å². The van der Waals surface area contributed by atoms with Gasteiger partial charge in [0, 0.05) is 29.3 Å². The van der Waals surface area contributed by atoms with E-state index in [-0.39, 0.29) is 16.6 Å². The lowest BCUT2D eigenvalue weighted by Gasteiger charge is -2.14. The molecule has 1 amide bonds. The van der Waals surface area contributed by atoms with E-state index in [4.69, 9.17) is 9.47 Å². The fraction of sp³-hybridized carbons (Fsp3) is 0.143. The predicted molar refractivity (Wildman–Crippen MR) is 114 cm³/mol. The highest BCUT2D eigenvalue weighted by molar-refractivity contribution is 7.92. The van der Waals surface area contributed by atoms with Crippen LogP contribution in [0.4, 0.5) is 11.4 Å². The minimum absolute atomic E-state index is 0.105. The summed E-state index contributed by atoms with van der Waals surface area (Å²) >= 11 is 0. The fourth-order valence-electron chi connectivity index (χ4n) is 2.67. The number of nitrogens with zero attached hydrogens (tertiary/aromatic N) is 1. The highest BCUT2D eigenvalue weighted by atomic mass is 32.2. The molecule has 0 saturated carbocycles. The summed E-state index contributed by atoms with van der Waals surface area (Å²) < 4.78 is 39.0. The molecule has 3 rings (SSSR count). The first-order valence-corrected chi connectivity index (χ1v) is 10.6. The van der Waals surface area contributed by atoms with Gasteiger partial charge in [-0.15, -0.1) is 0 Å². The van der Waals surface area contributed by atoms with E-state index in [1.54, 1.807) is 42.5 Å². The number of hydrogen-bond donors (Lipinski definition) is 2. The number of hydrogen-bond acceptors (Lipinski definition) is 6. The number of methoxy groups -OCH3 is 1. The highest BCUT2D eigenvalue weighted by Crippen LogP contribution is 2.29. The van der Waals surface area contributed by atoms with Crippen molar-refractivity contribution in [3.63, 3.8) is 0 Å². The molecule has 1 aromatic heterocycles. The molecule has 0 atom stereocenters. The molecule has 0 fully saturated rings. The molecule has 0 aliphatic rings. The van der Waals surface area contributed by atoms with Crippen LogP contribution in [0, 0.1) is 0 Å². The number of aromatic nitrogens is 1. The number of pyridine rings is 1. The average molecular weight is 427 g/mol. The molecule has 2 N–H and O–H groups in total. The third-order valence-corrected chi connectivity index (χ3v) is 5.47. The summed E-state index contributed by atoms with van der Waals surface area (Å²) in [6.07, 6.45) is 3.00. The molecule has 9 heteroatoms. The Morgan fingerprint density at radius 2 is 1.67 bits per heavy atom. The van der Waals surface area contributed by atoms with Crippen LogP contribution in [0.3, 0.4) is 0 Å². The summed E-state index contributed by atoms with van der Waals surface area (Å²) in [6.45, 7) is 2.38. The van der Waals surface area contributed by atoms with Gasteiger partial charge in [-0.1, -0.05) is 0 Å². The maximum absolute atomic E-state index is 13.0. The Morgan fingerprint density at radius 3 is 2.30 bits per heavy atom. The van der Waals surface area contributed by atoms with Crippen LogP contribution >= 0.6 is 0 Å². The van der Waals surface area contributed by atoms with Gasteiger partial charge in [-0.05, 0) is 61.5 Å². The van der Waals surface area contributed by atoms with E-state index in [1.165, 1.54) is 31.6 Å². The molecule has 8 nitrogen and oxygen atoms in total. The topological polar surface area (TPSA) is 107 Å². The Balaban J connectivity index is 1.85. The Kier molecular flexibility index (Phi) is 6.53. The van der Waals surface area contributed by atoms with Crippen molar-refractivity contribution in [1.82, 2.24) is 4.98 Å². The van der Waals surface area contributed by atoms with E-state index in [0.717, 1.165) is 0 Å². The third kappa shape index (κ3) is 5.06. The van der Waals surface area contributed by atoms with Crippen molar-refractivity contribution < 1.29 is 22.7 Å². The van der Waals surface area contributed by atoms with Gasteiger partial charge in [0.05, 0.1) is 13.7 Å². The summed E-state index contributed by atoms with van der Waals surface area (Å²) in [5.41, 5.74) is 1.08. The van der Waals surface area contributed by atoms with Gasteiger partial charge in [0.15, 0.2) is 0 Å². The first-order chi connectivity index (χ1) is 14.4. The lowest BCUT2D eigenvalue weighted by atomic mass is 10.2. The van der Waals surface area contributed by atoms with Crippen molar-refractivity contribution in [2.45, 2.75) is 11.8 Å². The van der Waals surface area contributed by atoms with Crippen LogP contribution in [0.2, 0.25) is 0 Å². The van der Waals surface area contributed by atoms with E-state index < -0.39 is 10.0 Å². The van der Waals surface area contributed by atoms with Gasteiger partial charge in [-0.2, -0.15) is 0 Å². The highest BCUT2D eigenvalue weighted by Gasteiger charge is 2.21. The summed E-state index contributed by atoms with van der Waals surface area (Å²) in [4.78, 5) is 16.1. The fourth-order valence-corrected chi connectivity index (χ4v) is 3.92. The molecule has 156 valence electrons. The van der Waals surface area contributed by atoms with E-state index in [9.17, 15) is 13.2 Å². The second-order valence-corrected chi connectivity index (χ2v) is 7.77. The predicted octanol–water partition coefficient (Wildman–Crippen LogP) is 3.54. The van der Waals surface area contributed by atoms with E-state index in [0.29, 0.717) is 29.3 Å². The summed E-state index contributed by atoms with van der Waals surface area (Å²) in [6, 6.07) is 14.0. The number of amides is 1. The quantitative estimate of drug-likeness (QED) is 0.569. The number of benzene rings is 2. The second-order valence-electron chi connectivity index (χ2n) is 6.12. The zero-order valence-electron chi connectivity index (χ0n) is 16.5. The van der Waals surface area contributed by atoms with Crippen molar-refractivity contribution >= 4 is 27.3 Å². The molecule has 30 heavy (non-hydrogen) atoms. The van der Waals surface area contributed by atoms with Crippen molar-refractivity contribution in [3.8, 4) is 11.5 Å². The van der Waals surface area contributed by atoms with Gasteiger partial charge in [0.1, 0.15) is 16.4 Å². The molecule has 1 heterocycles. The molecule has 2 aromatic carbocycles. The molecule has 3 aromatic rings. The summed E-state index contributed by atoms with van der Waals surface area (Å²) in [5, 5.41) is 2.68. The van der Waals surface area contributed by atoms with Crippen LogP contribution in [-0.4, -0.2) is 33.0 Å². The van der Waals surface area contributed by atoms with Gasteiger partial charge >= 0.3 is 0 Å². The maximum atomic E-state index is 13.0. The number of carbonyl (C=O) groups is 1. The van der Waals surface area contributed by atoms with Crippen LogP contribution in [0.5, 0.6) is 11.5 Å². The molecule has 0 unspecified atom stereocenters. The largest absolute Gasteiger partial charge is 0.495 e. The Labute approximate surface area is 174 Å². The summed E-state index contributed by atoms with van der Waals surface area (Å²) in [7, 11) is -2.61. The normalized spacial score (nSPS) is 10.9. The molecular formula is C21H21N3O5S. The van der Waals surface area contributed by atoms with Crippen LogP contribution in [0.25, 0.3) is 0 Å². The second kappa shape index (κ2) is 9.27. The Hall–Kier alpha value is -3.59. The Bertz CT molecular complexity index is 1120. The molecule has 0 saturated heterocycles. The molecule has 0 aliphatic heterocycles. The number of sulfonamides is 1. The first kappa shape index (κ1) is 21.1. The van der Waals surface area contributed by atoms with E-state index >= 15 is 0 Å². The zero-order valence-corrected chi connectivity index (χ0v) is 17.3. The van der Waals surface area contributed by atoms with Crippen molar-refractivity contribution in [3.05, 3.63) is 72.6 Å². The number of anilines is 2. The number of rotatable bonds is 8. The monoisotopic (exact) mass is 427 g/mol. The van der Waals surface area contributed by atoms with Crippen molar-refractivity contribution in [1.29, 1.82) is 0 Å². The van der Waals surface area contributed by atoms with Crippen LogP contribution in [-0.2, 0) is 10.0 Å². The molecule has 0 radical (unpaired) electrons. The Morgan fingerprint density at radius 1 is 1.00 bits per heavy atom. The van der Waals surface area contributed by atoms with Crippen LogP contribution in [0.15, 0.2) is 71.9 Å². The number of carbonyl (C=O) groups excluding carboxylic acids is 1. The van der Waals surface area contributed by atoms with Gasteiger partial charge in [0.25, 0.3) is 15.9 Å². The van der Waals surface area contributed by atoms with Gasteiger partial charge < -0.3 is 14.8 Å². The van der Waals surface area contributed by atoms with Gasteiger partial charge in [0.2, 0.25) is 0 Å².